The number of nitrogens with zero attached hydrogens (tertiary/aromatic N) is 3. The Kier molecular flexibility index (Phi) is 4.66. The van der Waals surface area contributed by atoms with Crippen LogP contribution in [0.4, 0.5) is 9.59 Å². The molecule has 1 fully saturated rings. The van der Waals surface area contributed by atoms with Crippen LogP contribution in [0.15, 0.2) is 0 Å². The number of carbonyl (C=O) groups is 2. The van der Waals surface area contributed by atoms with Crippen molar-refractivity contribution >= 4 is 12.1 Å². The van der Waals surface area contributed by atoms with Crippen molar-refractivity contribution in [3.63, 3.8) is 0 Å². The highest BCUT2D eigenvalue weighted by Gasteiger charge is 2.32. The molecule has 110 valence electrons. The van der Waals surface area contributed by atoms with Crippen LogP contribution in [-0.4, -0.2) is 72.2 Å². The first-order chi connectivity index (χ1) is 8.61. The number of piperazine rings is 1. The summed E-state index contributed by atoms with van der Waals surface area (Å²) < 4.78 is 5.34. The molecule has 0 bridgehead atoms. The van der Waals surface area contributed by atoms with Gasteiger partial charge in [-0.25, -0.2) is 9.59 Å². The van der Waals surface area contributed by atoms with Crippen LogP contribution in [0.25, 0.3) is 0 Å². The minimum Gasteiger partial charge on any atom is -0.444 e. The van der Waals surface area contributed by atoms with Gasteiger partial charge >= 0.3 is 12.1 Å². The molecule has 1 saturated heterocycles. The predicted molar refractivity (Wildman–Crippen MR) is 73.1 cm³/mol. The molecule has 1 unspecified atom stereocenters. The van der Waals surface area contributed by atoms with Crippen molar-refractivity contribution in [1.82, 2.24) is 14.7 Å². The highest BCUT2D eigenvalue weighted by Crippen LogP contribution is 2.15. The molecule has 1 aliphatic rings. The van der Waals surface area contributed by atoms with Gasteiger partial charge in [-0.3, -0.25) is 0 Å². The Labute approximate surface area is 115 Å². The third kappa shape index (κ3) is 4.29. The molecule has 1 aliphatic heterocycles. The Morgan fingerprint density at radius 1 is 1.21 bits per heavy atom. The fraction of sp³-hybridized carbons (Fsp3) is 0.846. The van der Waals surface area contributed by atoms with Gasteiger partial charge in [0.2, 0.25) is 0 Å². The zero-order valence-corrected chi connectivity index (χ0v) is 12.8. The smallest absolute Gasteiger partial charge is 0.410 e. The van der Waals surface area contributed by atoms with Crippen molar-refractivity contribution in [2.24, 2.45) is 0 Å². The van der Waals surface area contributed by atoms with E-state index in [0.29, 0.717) is 19.6 Å². The summed E-state index contributed by atoms with van der Waals surface area (Å²) in [4.78, 5) is 28.9. The van der Waals surface area contributed by atoms with E-state index in [9.17, 15) is 9.59 Å². The number of urea groups is 1. The van der Waals surface area contributed by atoms with Gasteiger partial charge in [0.15, 0.2) is 0 Å². The van der Waals surface area contributed by atoms with Gasteiger partial charge in [0.25, 0.3) is 0 Å². The van der Waals surface area contributed by atoms with Gasteiger partial charge in [-0.1, -0.05) is 0 Å². The van der Waals surface area contributed by atoms with E-state index in [1.165, 1.54) is 0 Å². The van der Waals surface area contributed by atoms with Crippen molar-refractivity contribution < 1.29 is 14.3 Å². The molecule has 3 amide bonds. The maximum atomic E-state index is 12.0. The van der Waals surface area contributed by atoms with Crippen molar-refractivity contribution in [2.75, 3.05) is 33.7 Å². The van der Waals surface area contributed by atoms with Crippen molar-refractivity contribution in [2.45, 2.75) is 39.3 Å². The minimum absolute atomic E-state index is 0.00355. The summed E-state index contributed by atoms with van der Waals surface area (Å²) in [6, 6.07) is -0.0208. The Morgan fingerprint density at radius 2 is 1.79 bits per heavy atom. The lowest BCUT2D eigenvalue weighted by Crippen LogP contribution is -2.57. The van der Waals surface area contributed by atoms with E-state index in [1.54, 1.807) is 28.8 Å². The number of hydrogen-bond acceptors (Lipinski definition) is 3. The van der Waals surface area contributed by atoms with Crippen LogP contribution in [0.1, 0.15) is 27.7 Å². The maximum Gasteiger partial charge on any atom is 0.410 e. The molecule has 0 N–H and O–H groups in total. The van der Waals surface area contributed by atoms with Crippen LogP contribution in [0.3, 0.4) is 0 Å². The highest BCUT2D eigenvalue weighted by molar-refractivity contribution is 5.75. The maximum absolute atomic E-state index is 12.0. The summed E-state index contributed by atoms with van der Waals surface area (Å²) in [7, 11) is 3.46. The summed E-state index contributed by atoms with van der Waals surface area (Å²) in [6.07, 6.45) is -0.309. The summed E-state index contributed by atoms with van der Waals surface area (Å²) in [5, 5.41) is 0. The lowest BCUT2D eigenvalue weighted by Gasteiger charge is -2.40. The van der Waals surface area contributed by atoms with Crippen LogP contribution < -0.4 is 0 Å². The summed E-state index contributed by atoms with van der Waals surface area (Å²) in [5.41, 5.74) is -0.489. The van der Waals surface area contributed by atoms with E-state index >= 15 is 0 Å². The second kappa shape index (κ2) is 5.67. The molecule has 19 heavy (non-hydrogen) atoms. The normalized spacial score (nSPS) is 20.2. The van der Waals surface area contributed by atoms with Crippen LogP contribution in [0, 0.1) is 0 Å². The van der Waals surface area contributed by atoms with Crippen LogP contribution in [0.5, 0.6) is 0 Å². The van der Waals surface area contributed by atoms with Crippen molar-refractivity contribution in [1.29, 1.82) is 0 Å². The van der Waals surface area contributed by atoms with Crippen LogP contribution in [-0.2, 0) is 4.74 Å². The Bertz CT molecular complexity index is 350. The van der Waals surface area contributed by atoms with Crippen molar-refractivity contribution in [3.8, 4) is 0 Å². The number of rotatable bonds is 0. The number of hydrogen-bond donors (Lipinski definition) is 0. The molecule has 1 rings (SSSR count). The quantitative estimate of drug-likeness (QED) is 0.672. The summed E-state index contributed by atoms with van der Waals surface area (Å²) in [6.45, 7) is 9.04. The third-order valence-corrected chi connectivity index (χ3v) is 2.91. The lowest BCUT2D eigenvalue weighted by molar-refractivity contribution is 0.00921. The number of carbonyl (C=O) groups excluding carboxylic acids is 2. The van der Waals surface area contributed by atoms with Crippen LogP contribution >= 0.6 is 0 Å². The second-order valence-corrected chi connectivity index (χ2v) is 6.15. The van der Waals surface area contributed by atoms with Gasteiger partial charge in [0.05, 0.1) is 0 Å². The van der Waals surface area contributed by atoms with Crippen LogP contribution in [0.2, 0.25) is 0 Å². The minimum atomic E-state index is -0.489. The standard InChI is InChI=1S/C13H25N3O3/c1-10-9-15(12(18)19-13(2,3)4)7-8-16(10)11(17)14(5)6/h10H,7-9H2,1-6H3. The molecule has 0 aromatic rings. The topological polar surface area (TPSA) is 53.1 Å². The predicted octanol–water partition coefficient (Wildman–Crippen LogP) is 1.61. The second-order valence-electron chi connectivity index (χ2n) is 6.15. The molecule has 1 heterocycles. The van der Waals surface area contributed by atoms with E-state index < -0.39 is 5.60 Å². The zero-order valence-electron chi connectivity index (χ0n) is 12.8. The zero-order chi connectivity index (χ0) is 14.8. The molecule has 1 atom stereocenters. The molecule has 0 aromatic heterocycles. The van der Waals surface area contributed by atoms with Crippen molar-refractivity contribution in [3.05, 3.63) is 0 Å². The molecular formula is C13H25N3O3. The molecule has 6 heteroatoms. The van der Waals surface area contributed by atoms with Gasteiger partial charge in [0.1, 0.15) is 5.60 Å². The van der Waals surface area contributed by atoms with E-state index in [1.807, 2.05) is 27.7 Å². The lowest BCUT2D eigenvalue weighted by atomic mass is 10.2. The average Bonchev–Trinajstić information content (AvgIpc) is 2.25. The SMILES string of the molecule is CC1CN(C(=O)OC(C)(C)C)CCN1C(=O)N(C)C. The van der Waals surface area contributed by atoms with Gasteiger partial charge in [-0.15, -0.1) is 0 Å². The largest absolute Gasteiger partial charge is 0.444 e. The molecule has 0 aromatic carbocycles. The van der Waals surface area contributed by atoms with E-state index in [-0.39, 0.29) is 18.2 Å². The van der Waals surface area contributed by atoms with Gasteiger partial charge in [-0.2, -0.15) is 0 Å². The van der Waals surface area contributed by atoms with Gasteiger partial charge in [0, 0.05) is 39.8 Å². The number of ether oxygens (including phenoxy) is 1. The average molecular weight is 271 g/mol. The Morgan fingerprint density at radius 3 is 2.21 bits per heavy atom. The fourth-order valence-electron chi connectivity index (χ4n) is 1.99. The highest BCUT2D eigenvalue weighted by atomic mass is 16.6. The summed E-state index contributed by atoms with van der Waals surface area (Å²) >= 11 is 0. The molecule has 0 radical (unpaired) electrons. The number of amides is 3. The van der Waals surface area contributed by atoms with Gasteiger partial charge in [-0.05, 0) is 27.7 Å². The molecule has 6 nitrogen and oxygen atoms in total. The fourth-order valence-corrected chi connectivity index (χ4v) is 1.99. The molecular weight excluding hydrogens is 246 g/mol. The third-order valence-electron chi connectivity index (χ3n) is 2.91. The first-order valence-corrected chi connectivity index (χ1v) is 6.57. The van der Waals surface area contributed by atoms with Gasteiger partial charge < -0.3 is 19.4 Å². The molecule has 0 aliphatic carbocycles. The Balaban J connectivity index is 2.59. The summed E-state index contributed by atoms with van der Waals surface area (Å²) in [5.74, 6) is 0. The molecule has 0 spiro atoms. The van der Waals surface area contributed by atoms with E-state index in [4.69, 9.17) is 4.74 Å². The first-order valence-electron chi connectivity index (χ1n) is 6.57. The van der Waals surface area contributed by atoms with E-state index in [0.717, 1.165) is 0 Å². The van der Waals surface area contributed by atoms with E-state index in [2.05, 4.69) is 0 Å². The monoisotopic (exact) mass is 271 g/mol. The Hall–Kier alpha value is -1.46. The molecule has 0 saturated carbocycles. The first kappa shape index (κ1) is 15.6.